The second-order valence-electron chi connectivity index (χ2n) is 11.5. The van der Waals surface area contributed by atoms with Crippen molar-refractivity contribution >= 4 is 0 Å². The summed E-state index contributed by atoms with van der Waals surface area (Å²) in [7, 11) is 0. The Hall–Kier alpha value is -5.96. The van der Waals surface area contributed by atoms with E-state index in [1.54, 1.807) is 42.5 Å². The van der Waals surface area contributed by atoms with Gasteiger partial charge in [0.2, 0.25) is 0 Å². The number of hydrogen-bond donors (Lipinski definition) is 0. The maximum absolute atomic E-state index is 9.70. The van der Waals surface area contributed by atoms with Crippen molar-refractivity contribution < 1.29 is 18.9 Å². The van der Waals surface area contributed by atoms with E-state index in [-0.39, 0.29) is 35.0 Å². The van der Waals surface area contributed by atoms with E-state index in [1.807, 2.05) is 54.6 Å². The van der Waals surface area contributed by atoms with Crippen LogP contribution in [0.4, 0.5) is 0 Å². The number of hydrogen-bond acceptors (Lipinski definition) is 8. The minimum absolute atomic E-state index is 0.141. The highest BCUT2D eigenvalue weighted by Gasteiger charge is 2.38. The van der Waals surface area contributed by atoms with Gasteiger partial charge in [0.25, 0.3) is 0 Å². The lowest BCUT2D eigenvalue weighted by molar-refractivity contribution is 0.0559. The lowest BCUT2D eigenvalue weighted by atomic mass is 9.72. The van der Waals surface area contributed by atoms with Crippen molar-refractivity contribution in [1.82, 2.24) is 0 Å². The molecule has 0 heterocycles. The van der Waals surface area contributed by atoms with Gasteiger partial charge in [-0.2, -0.15) is 21.0 Å². The van der Waals surface area contributed by atoms with E-state index in [2.05, 4.69) is 19.1 Å². The van der Waals surface area contributed by atoms with Crippen LogP contribution in [-0.2, 0) is 0 Å². The lowest BCUT2D eigenvalue weighted by Crippen LogP contribution is -2.38. The van der Waals surface area contributed by atoms with Crippen LogP contribution in [0, 0.1) is 63.1 Å². The van der Waals surface area contributed by atoms with Crippen molar-refractivity contribution in [1.29, 1.82) is 21.0 Å². The van der Waals surface area contributed by atoms with Crippen LogP contribution >= 0.6 is 0 Å². The summed E-state index contributed by atoms with van der Waals surface area (Å²) >= 11 is 0. The number of rotatable bonds is 12. The molecule has 4 atom stereocenters. The summed E-state index contributed by atoms with van der Waals surface area (Å²) in [6.07, 6.45) is 5.39. The first-order valence-electron chi connectivity index (χ1n) is 15.8. The third-order valence-electron chi connectivity index (χ3n) is 8.21. The van der Waals surface area contributed by atoms with Crippen molar-refractivity contribution in [2.24, 2.45) is 17.8 Å². The molecule has 4 unspecified atom stereocenters. The first-order valence-corrected chi connectivity index (χ1v) is 15.8. The highest BCUT2D eigenvalue weighted by Crippen LogP contribution is 2.39. The predicted octanol–water partition coefficient (Wildman–Crippen LogP) is 9.82. The zero-order valence-corrected chi connectivity index (χ0v) is 26.1. The van der Waals surface area contributed by atoms with E-state index in [1.165, 1.54) is 6.07 Å². The van der Waals surface area contributed by atoms with E-state index in [0.717, 1.165) is 25.7 Å². The van der Waals surface area contributed by atoms with Crippen LogP contribution in [0.25, 0.3) is 0 Å². The van der Waals surface area contributed by atoms with Crippen LogP contribution in [0.1, 0.15) is 56.6 Å². The van der Waals surface area contributed by atoms with Crippen LogP contribution < -0.4 is 18.9 Å². The van der Waals surface area contributed by atoms with E-state index in [4.69, 9.17) is 24.2 Å². The number of benzene rings is 4. The average molecular weight is 623 g/mol. The van der Waals surface area contributed by atoms with Crippen LogP contribution in [0.3, 0.4) is 0 Å². The molecule has 0 saturated heterocycles. The summed E-state index contributed by atoms with van der Waals surface area (Å²) in [6.45, 7) is 2.17. The Morgan fingerprint density at radius 1 is 0.574 bits per heavy atom. The van der Waals surface area contributed by atoms with Crippen LogP contribution in [0.15, 0.2) is 91.0 Å². The van der Waals surface area contributed by atoms with Crippen molar-refractivity contribution in [2.75, 3.05) is 0 Å². The fourth-order valence-electron chi connectivity index (χ4n) is 5.81. The summed E-state index contributed by atoms with van der Waals surface area (Å²) in [5, 5.41) is 37.8. The summed E-state index contributed by atoms with van der Waals surface area (Å²) in [6, 6.07) is 35.3. The Balaban J connectivity index is 1.24. The number of ether oxygens (including phenoxy) is 4. The Bertz CT molecular complexity index is 1860. The van der Waals surface area contributed by atoms with Gasteiger partial charge in [-0.1, -0.05) is 44.4 Å². The molecule has 8 heteroatoms. The second kappa shape index (κ2) is 15.9. The molecule has 0 N–H and O–H groups in total. The molecule has 4 aromatic carbocycles. The molecular weight excluding hydrogens is 588 g/mol. The van der Waals surface area contributed by atoms with Gasteiger partial charge in [-0.05, 0) is 73.4 Å². The fourth-order valence-corrected chi connectivity index (χ4v) is 5.81. The summed E-state index contributed by atoms with van der Waals surface area (Å²) in [4.78, 5) is 0. The molecule has 1 aliphatic rings. The number of nitriles is 4. The van der Waals surface area contributed by atoms with Crippen molar-refractivity contribution in [3.8, 4) is 64.5 Å². The molecule has 1 fully saturated rings. The largest absolute Gasteiger partial charge is 0.490 e. The average Bonchev–Trinajstić information content (AvgIpc) is 3.09. The van der Waals surface area contributed by atoms with Crippen molar-refractivity contribution in [3.63, 3.8) is 0 Å². The molecule has 47 heavy (non-hydrogen) atoms. The molecule has 0 bridgehead atoms. The van der Waals surface area contributed by atoms with Gasteiger partial charge in [0.1, 0.15) is 58.5 Å². The first kappa shape index (κ1) is 32.4. The summed E-state index contributed by atoms with van der Waals surface area (Å²) < 4.78 is 24.7. The molecular formula is C39H34N4O4. The molecule has 1 aliphatic carbocycles. The number of nitrogens with zero attached hydrogens (tertiary/aromatic N) is 4. The SMILES string of the molecule is CCCCCC1CC(C#N)C(C#N)CC1Oc1cccc(Oc2cccc(Oc3cccc(Oc4ccc(C#N)c(C#N)c4)c3)c2)c1. The molecule has 5 rings (SSSR count). The van der Waals surface area contributed by atoms with E-state index < -0.39 is 0 Å². The van der Waals surface area contributed by atoms with Crippen molar-refractivity contribution in [2.45, 2.75) is 51.6 Å². The monoisotopic (exact) mass is 622 g/mol. The second-order valence-corrected chi connectivity index (χ2v) is 11.5. The predicted molar refractivity (Wildman–Crippen MR) is 175 cm³/mol. The molecule has 0 aliphatic heterocycles. The molecule has 0 spiro atoms. The third-order valence-corrected chi connectivity index (χ3v) is 8.21. The molecule has 1 saturated carbocycles. The topological polar surface area (TPSA) is 132 Å². The maximum atomic E-state index is 9.70. The van der Waals surface area contributed by atoms with Gasteiger partial charge in [0.15, 0.2) is 0 Å². The highest BCUT2D eigenvalue weighted by molar-refractivity contribution is 5.50. The highest BCUT2D eigenvalue weighted by atomic mass is 16.5. The normalized spacial score (nSPS) is 18.4. The quantitative estimate of drug-likeness (QED) is 0.143. The summed E-state index contributed by atoms with van der Waals surface area (Å²) in [5.41, 5.74) is 0.533. The van der Waals surface area contributed by atoms with Gasteiger partial charge in [0.05, 0.1) is 35.1 Å². The molecule has 4 aromatic rings. The smallest absolute Gasteiger partial charge is 0.131 e. The minimum atomic E-state index is -0.339. The van der Waals surface area contributed by atoms with Gasteiger partial charge in [-0.25, -0.2) is 0 Å². The molecule has 0 amide bonds. The minimum Gasteiger partial charge on any atom is -0.490 e. The van der Waals surface area contributed by atoms with E-state index >= 15 is 0 Å². The maximum Gasteiger partial charge on any atom is 0.131 e. The molecule has 234 valence electrons. The molecule has 0 aromatic heterocycles. The van der Waals surface area contributed by atoms with Gasteiger partial charge < -0.3 is 18.9 Å². The van der Waals surface area contributed by atoms with Gasteiger partial charge in [0, 0.05) is 24.6 Å². The molecule has 8 nitrogen and oxygen atoms in total. The third kappa shape index (κ3) is 8.61. The van der Waals surface area contributed by atoms with Crippen LogP contribution in [0.5, 0.6) is 40.2 Å². The Labute approximate surface area is 275 Å². The van der Waals surface area contributed by atoms with Gasteiger partial charge in [-0.15, -0.1) is 0 Å². The Morgan fingerprint density at radius 3 is 1.57 bits per heavy atom. The standard InChI is InChI=1S/C39H34N4O4/c1-2-3-4-8-27-17-29(24-41)31(26-43)19-39(27)47-37-14-7-13-36(22-37)45-33-10-5-9-32(20-33)44-34-11-6-12-35(21-34)46-38-16-15-28(23-40)30(18-38)25-42/h5-7,9-16,18,20-22,27,29,31,39H,2-4,8,17,19H2,1H3. The fraction of sp³-hybridized carbons (Fsp3) is 0.282. The van der Waals surface area contributed by atoms with E-state index in [0.29, 0.717) is 53.1 Å². The van der Waals surface area contributed by atoms with Crippen molar-refractivity contribution in [3.05, 3.63) is 102 Å². The Morgan fingerprint density at radius 2 is 1.06 bits per heavy atom. The van der Waals surface area contributed by atoms with Gasteiger partial charge in [-0.3, -0.25) is 0 Å². The van der Waals surface area contributed by atoms with E-state index in [9.17, 15) is 15.8 Å². The zero-order valence-electron chi connectivity index (χ0n) is 26.1. The van der Waals surface area contributed by atoms with Gasteiger partial charge >= 0.3 is 0 Å². The van der Waals surface area contributed by atoms with Crippen LogP contribution in [0.2, 0.25) is 0 Å². The molecule has 0 radical (unpaired) electrons. The Kier molecular flexibility index (Phi) is 10.9. The summed E-state index contributed by atoms with van der Waals surface area (Å²) in [5.74, 6) is 3.50. The number of unbranched alkanes of at least 4 members (excludes halogenated alkanes) is 2. The zero-order chi connectivity index (χ0) is 33.0. The lowest BCUT2D eigenvalue weighted by Gasteiger charge is -2.36. The van der Waals surface area contributed by atoms with Crippen LogP contribution in [-0.4, -0.2) is 6.10 Å². The first-order chi connectivity index (χ1) is 23.0.